The van der Waals surface area contributed by atoms with Crippen LogP contribution in [0.1, 0.15) is 74.0 Å². The van der Waals surface area contributed by atoms with Crippen molar-refractivity contribution in [1.82, 2.24) is 4.90 Å². The third-order valence-corrected chi connectivity index (χ3v) is 8.13. The van der Waals surface area contributed by atoms with Crippen LogP contribution in [-0.4, -0.2) is 36.5 Å². The summed E-state index contributed by atoms with van der Waals surface area (Å²) >= 11 is 0. The van der Waals surface area contributed by atoms with Gasteiger partial charge < -0.3 is 9.80 Å². The Labute approximate surface area is 193 Å². The number of para-hydroxylation sites is 1. The predicted octanol–water partition coefficient (Wildman–Crippen LogP) is 6.10. The number of hydrogen-bond donors (Lipinski definition) is 0. The van der Waals surface area contributed by atoms with E-state index in [2.05, 4.69) is 65.3 Å². The molecule has 1 aliphatic carbocycles. The molecular formula is C29H38N2O. The quantitative estimate of drug-likeness (QED) is 0.585. The van der Waals surface area contributed by atoms with Crippen LogP contribution < -0.4 is 4.90 Å². The van der Waals surface area contributed by atoms with Crippen LogP contribution in [0, 0.1) is 12.8 Å². The molecule has 3 heteroatoms. The Balaban J connectivity index is 1.28. The summed E-state index contributed by atoms with van der Waals surface area (Å²) in [6.45, 7) is 5.50. The fraction of sp³-hybridized carbons (Fsp3) is 0.552. The van der Waals surface area contributed by atoms with E-state index in [0.717, 1.165) is 45.3 Å². The van der Waals surface area contributed by atoms with Crippen molar-refractivity contribution < 1.29 is 4.79 Å². The SMILES string of the molecule is Cc1cccc(C2CCN(CC3CCc4ccccc4N3C(=O)C3CCCCC3)CC2)c1. The molecule has 0 aromatic heterocycles. The summed E-state index contributed by atoms with van der Waals surface area (Å²) in [4.78, 5) is 18.6. The maximum atomic E-state index is 13.7. The van der Waals surface area contributed by atoms with E-state index in [4.69, 9.17) is 0 Å². The second-order valence-electron chi connectivity index (χ2n) is 10.4. The maximum absolute atomic E-state index is 13.7. The van der Waals surface area contributed by atoms with Crippen molar-refractivity contribution in [3.05, 3.63) is 65.2 Å². The average Bonchev–Trinajstić information content (AvgIpc) is 2.84. The van der Waals surface area contributed by atoms with Gasteiger partial charge in [-0.25, -0.2) is 0 Å². The predicted molar refractivity (Wildman–Crippen MR) is 132 cm³/mol. The number of rotatable bonds is 4. The lowest BCUT2D eigenvalue weighted by molar-refractivity contribution is -0.124. The zero-order chi connectivity index (χ0) is 21.9. The Morgan fingerprint density at radius 2 is 1.69 bits per heavy atom. The van der Waals surface area contributed by atoms with Crippen molar-refractivity contribution in [2.24, 2.45) is 5.92 Å². The Kier molecular flexibility index (Phi) is 6.64. The number of nitrogens with zero attached hydrogens (tertiary/aromatic N) is 2. The fourth-order valence-electron chi connectivity index (χ4n) is 6.29. The number of amides is 1. The largest absolute Gasteiger partial charge is 0.308 e. The molecule has 1 saturated heterocycles. The second kappa shape index (κ2) is 9.79. The molecule has 2 fully saturated rings. The molecule has 2 aliphatic heterocycles. The summed E-state index contributed by atoms with van der Waals surface area (Å²) in [5.41, 5.74) is 5.41. The molecule has 2 heterocycles. The molecule has 3 nitrogen and oxygen atoms in total. The Hall–Kier alpha value is -2.13. The normalized spacial score (nSPS) is 23.2. The zero-order valence-corrected chi connectivity index (χ0v) is 19.6. The molecule has 1 amide bonds. The van der Waals surface area contributed by atoms with Crippen molar-refractivity contribution in [2.45, 2.75) is 76.7 Å². The van der Waals surface area contributed by atoms with Gasteiger partial charge in [-0.15, -0.1) is 0 Å². The monoisotopic (exact) mass is 430 g/mol. The van der Waals surface area contributed by atoms with Crippen LogP contribution in [0.5, 0.6) is 0 Å². The maximum Gasteiger partial charge on any atom is 0.230 e. The summed E-state index contributed by atoms with van der Waals surface area (Å²) in [6.07, 6.45) is 10.5. The lowest BCUT2D eigenvalue weighted by atomic mass is 9.85. The van der Waals surface area contributed by atoms with Gasteiger partial charge in [0.15, 0.2) is 0 Å². The summed E-state index contributed by atoms with van der Waals surface area (Å²) in [5.74, 6) is 1.30. The fourth-order valence-corrected chi connectivity index (χ4v) is 6.29. The third-order valence-electron chi connectivity index (χ3n) is 8.13. The van der Waals surface area contributed by atoms with E-state index >= 15 is 0 Å². The molecule has 170 valence electrons. The molecule has 0 radical (unpaired) electrons. The van der Waals surface area contributed by atoms with Gasteiger partial charge in [-0.3, -0.25) is 4.79 Å². The Morgan fingerprint density at radius 1 is 0.906 bits per heavy atom. The highest BCUT2D eigenvalue weighted by Gasteiger charge is 2.36. The van der Waals surface area contributed by atoms with Crippen LogP contribution in [-0.2, 0) is 11.2 Å². The first-order valence-electron chi connectivity index (χ1n) is 12.9. The first-order valence-corrected chi connectivity index (χ1v) is 12.9. The van der Waals surface area contributed by atoms with Crippen molar-refractivity contribution in [1.29, 1.82) is 0 Å². The number of aryl methyl sites for hydroxylation is 2. The first-order chi connectivity index (χ1) is 15.7. The highest BCUT2D eigenvalue weighted by atomic mass is 16.2. The van der Waals surface area contributed by atoms with E-state index in [1.54, 1.807) is 0 Å². The van der Waals surface area contributed by atoms with Crippen LogP contribution >= 0.6 is 0 Å². The molecule has 3 aliphatic rings. The van der Waals surface area contributed by atoms with Gasteiger partial charge in [0, 0.05) is 24.2 Å². The molecule has 32 heavy (non-hydrogen) atoms. The number of carbonyl (C=O) groups is 1. The number of likely N-dealkylation sites (tertiary alicyclic amines) is 1. The van der Waals surface area contributed by atoms with Gasteiger partial charge in [-0.2, -0.15) is 0 Å². The van der Waals surface area contributed by atoms with Gasteiger partial charge >= 0.3 is 0 Å². The number of fused-ring (bicyclic) bond motifs is 1. The zero-order valence-electron chi connectivity index (χ0n) is 19.6. The molecular weight excluding hydrogens is 392 g/mol. The summed E-state index contributed by atoms with van der Waals surface area (Å²) in [5, 5.41) is 0. The molecule has 0 bridgehead atoms. The van der Waals surface area contributed by atoms with Crippen molar-refractivity contribution in [2.75, 3.05) is 24.5 Å². The van der Waals surface area contributed by atoms with E-state index in [-0.39, 0.29) is 5.92 Å². The van der Waals surface area contributed by atoms with Crippen molar-refractivity contribution in [3.63, 3.8) is 0 Å². The van der Waals surface area contributed by atoms with Crippen LogP contribution in [0.2, 0.25) is 0 Å². The van der Waals surface area contributed by atoms with Gasteiger partial charge in [0.2, 0.25) is 5.91 Å². The van der Waals surface area contributed by atoms with E-state index < -0.39 is 0 Å². The van der Waals surface area contributed by atoms with Gasteiger partial charge in [0.25, 0.3) is 0 Å². The standard InChI is InChI=1S/C29H38N2O/c1-22-8-7-12-26(20-22)23-16-18-30(19-17-23)21-27-15-14-24-9-5-6-13-28(24)31(27)29(32)25-10-3-2-4-11-25/h5-9,12-13,20,23,25,27H,2-4,10-11,14-19,21H2,1H3. The lowest BCUT2D eigenvalue weighted by Gasteiger charge is -2.43. The Bertz CT molecular complexity index is 924. The summed E-state index contributed by atoms with van der Waals surface area (Å²) < 4.78 is 0. The molecule has 0 spiro atoms. The molecule has 1 saturated carbocycles. The first kappa shape index (κ1) is 21.7. The summed E-state index contributed by atoms with van der Waals surface area (Å²) in [6, 6.07) is 18.0. The lowest BCUT2D eigenvalue weighted by Crippen LogP contribution is -2.52. The number of hydrogen-bond acceptors (Lipinski definition) is 2. The Morgan fingerprint density at radius 3 is 2.47 bits per heavy atom. The molecule has 1 atom stereocenters. The van der Waals surface area contributed by atoms with Gasteiger partial charge in [0.1, 0.15) is 0 Å². The molecule has 2 aromatic rings. The van der Waals surface area contributed by atoms with E-state index in [1.165, 1.54) is 54.5 Å². The second-order valence-corrected chi connectivity index (χ2v) is 10.4. The topological polar surface area (TPSA) is 23.6 Å². The van der Waals surface area contributed by atoms with Crippen LogP contribution in [0.4, 0.5) is 5.69 Å². The number of carbonyl (C=O) groups excluding carboxylic acids is 1. The van der Waals surface area contributed by atoms with Gasteiger partial charge in [0.05, 0.1) is 0 Å². The minimum atomic E-state index is 0.226. The highest BCUT2D eigenvalue weighted by molar-refractivity contribution is 5.97. The minimum Gasteiger partial charge on any atom is -0.308 e. The number of piperidine rings is 1. The summed E-state index contributed by atoms with van der Waals surface area (Å²) in [7, 11) is 0. The smallest absolute Gasteiger partial charge is 0.230 e. The highest BCUT2D eigenvalue weighted by Crippen LogP contribution is 2.36. The minimum absolute atomic E-state index is 0.226. The third kappa shape index (κ3) is 4.64. The van der Waals surface area contributed by atoms with Gasteiger partial charge in [-0.1, -0.05) is 67.3 Å². The van der Waals surface area contributed by atoms with Crippen molar-refractivity contribution in [3.8, 4) is 0 Å². The number of anilines is 1. The average molecular weight is 431 g/mol. The number of benzene rings is 2. The van der Waals surface area contributed by atoms with E-state index in [0.29, 0.717) is 17.9 Å². The molecule has 2 aromatic carbocycles. The molecule has 1 unspecified atom stereocenters. The van der Waals surface area contributed by atoms with Gasteiger partial charge in [-0.05, 0) is 81.6 Å². The van der Waals surface area contributed by atoms with E-state index in [9.17, 15) is 4.79 Å². The van der Waals surface area contributed by atoms with Crippen LogP contribution in [0.15, 0.2) is 48.5 Å². The van der Waals surface area contributed by atoms with Crippen LogP contribution in [0.25, 0.3) is 0 Å². The molecule has 5 rings (SSSR count). The van der Waals surface area contributed by atoms with E-state index in [1.807, 2.05) is 0 Å². The van der Waals surface area contributed by atoms with Crippen molar-refractivity contribution >= 4 is 11.6 Å². The van der Waals surface area contributed by atoms with Crippen LogP contribution in [0.3, 0.4) is 0 Å². The molecule has 0 N–H and O–H groups in total.